The van der Waals surface area contributed by atoms with Gasteiger partial charge in [0.05, 0.1) is 6.54 Å². The molecule has 5 nitrogen and oxygen atoms in total. The maximum Gasteiger partial charge on any atom is 0.253 e. The maximum atomic E-state index is 11.7. The lowest BCUT2D eigenvalue weighted by molar-refractivity contribution is 0.0827. The second kappa shape index (κ2) is 7.53. The first-order chi connectivity index (χ1) is 9.43. The number of aliphatic imine (C=N–C) groups is 1. The number of carbonyl (C=O) groups excluding carboxylic acids is 1. The number of rotatable bonds is 5. The molecular formula is C15H24N4O. The molecular weight excluding hydrogens is 252 g/mol. The Kier molecular flexibility index (Phi) is 6.03. The normalized spacial score (nSPS) is 12.9. The van der Waals surface area contributed by atoms with E-state index in [1.165, 1.54) is 0 Å². The molecule has 1 atom stereocenters. The summed E-state index contributed by atoms with van der Waals surface area (Å²) in [5.41, 5.74) is 7.49. The number of hydrogen-bond acceptors (Lipinski definition) is 2. The zero-order chi connectivity index (χ0) is 15.1. The molecule has 0 spiro atoms. The van der Waals surface area contributed by atoms with E-state index in [-0.39, 0.29) is 5.91 Å². The van der Waals surface area contributed by atoms with Crippen molar-refractivity contribution in [2.75, 3.05) is 14.1 Å². The molecule has 0 aromatic heterocycles. The highest BCUT2D eigenvalue weighted by Crippen LogP contribution is 2.07. The first kappa shape index (κ1) is 16.0. The number of nitrogens with two attached hydrogens (primary N) is 1. The SMILES string of the molecule is CCC(C)NC(N)=NCc1ccc(C(=O)N(C)C)cc1. The molecule has 0 bridgehead atoms. The summed E-state index contributed by atoms with van der Waals surface area (Å²) in [5.74, 6) is 0.450. The average Bonchev–Trinajstić information content (AvgIpc) is 2.44. The fourth-order valence-electron chi connectivity index (χ4n) is 1.59. The Hall–Kier alpha value is -2.04. The quantitative estimate of drug-likeness (QED) is 0.634. The summed E-state index contributed by atoms with van der Waals surface area (Å²) in [6.07, 6.45) is 0.998. The predicted octanol–water partition coefficient (Wildman–Crippen LogP) is 1.59. The van der Waals surface area contributed by atoms with Crippen LogP contribution in [-0.2, 0) is 6.54 Å². The van der Waals surface area contributed by atoms with Crippen LogP contribution in [0.15, 0.2) is 29.3 Å². The van der Waals surface area contributed by atoms with E-state index >= 15 is 0 Å². The van der Waals surface area contributed by atoms with E-state index in [0.717, 1.165) is 12.0 Å². The zero-order valence-corrected chi connectivity index (χ0v) is 12.7. The molecule has 110 valence electrons. The summed E-state index contributed by atoms with van der Waals surface area (Å²) in [6, 6.07) is 7.74. The molecule has 3 N–H and O–H groups in total. The van der Waals surface area contributed by atoms with Crippen LogP contribution in [-0.4, -0.2) is 36.9 Å². The smallest absolute Gasteiger partial charge is 0.253 e. The average molecular weight is 276 g/mol. The standard InChI is InChI=1S/C15H24N4O/c1-5-11(2)18-15(16)17-10-12-6-8-13(9-7-12)14(20)19(3)4/h6-9,11H,5,10H2,1-4H3,(H3,16,17,18). The van der Waals surface area contributed by atoms with E-state index in [0.29, 0.717) is 24.1 Å². The van der Waals surface area contributed by atoms with E-state index in [9.17, 15) is 4.79 Å². The molecule has 0 fully saturated rings. The first-order valence-electron chi connectivity index (χ1n) is 6.81. The van der Waals surface area contributed by atoms with Gasteiger partial charge in [-0.2, -0.15) is 0 Å². The highest BCUT2D eigenvalue weighted by atomic mass is 16.2. The molecule has 1 rings (SSSR count). The van der Waals surface area contributed by atoms with Gasteiger partial charge in [-0.05, 0) is 31.0 Å². The van der Waals surface area contributed by atoms with Crippen molar-refractivity contribution in [2.45, 2.75) is 32.9 Å². The third kappa shape index (κ3) is 4.91. The van der Waals surface area contributed by atoms with Gasteiger partial charge in [0.25, 0.3) is 5.91 Å². The summed E-state index contributed by atoms with van der Waals surface area (Å²) >= 11 is 0. The lowest BCUT2D eigenvalue weighted by Crippen LogP contribution is -2.38. The molecule has 0 aliphatic carbocycles. The Labute approximate surface area is 120 Å². The van der Waals surface area contributed by atoms with Crippen LogP contribution in [0.3, 0.4) is 0 Å². The summed E-state index contributed by atoms with van der Waals surface area (Å²) in [6.45, 7) is 4.65. The van der Waals surface area contributed by atoms with Gasteiger partial charge in [-0.1, -0.05) is 19.1 Å². The second-order valence-corrected chi connectivity index (χ2v) is 5.05. The Morgan fingerprint density at radius 3 is 2.45 bits per heavy atom. The lowest BCUT2D eigenvalue weighted by atomic mass is 10.1. The van der Waals surface area contributed by atoms with E-state index in [1.54, 1.807) is 19.0 Å². The van der Waals surface area contributed by atoms with Gasteiger partial charge in [0.1, 0.15) is 0 Å². The fourth-order valence-corrected chi connectivity index (χ4v) is 1.59. The third-order valence-electron chi connectivity index (χ3n) is 3.05. The van der Waals surface area contributed by atoms with Crippen LogP contribution in [0.2, 0.25) is 0 Å². The lowest BCUT2D eigenvalue weighted by Gasteiger charge is -2.12. The van der Waals surface area contributed by atoms with Crippen molar-refractivity contribution in [2.24, 2.45) is 10.7 Å². The molecule has 20 heavy (non-hydrogen) atoms. The van der Waals surface area contributed by atoms with Gasteiger partial charge >= 0.3 is 0 Å². The van der Waals surface area contributed by atoms with Crippen molar-refractivity contribution >= 4 is 11.9 Å². The maximum absolute atomic E-state index is 11.7. The van der Waals surface area contributed by atoms with Crippen molar-refractivity contribution in [1.82, 2.24) is 10.2 Å². The van der Waals surface area contributed by atoms with Gasteiger partial charge in [0, 0.05) is 25.7 Å². The number of nitrogens with zero attached hydrogens (tertiary/aromatic N) is 2. The van der Waals surface area contributed by atoms with Crippen LogP contribution in [0.5, 0.6) is 0 Å². The molecule has 0 saturated heterocycles. The second-order valence-electron chi connectivity index (χ2n) is 5.05. The number of carbonyl (C=O) groups is 1. The number of hydrogen-bond donors (Lipinski definition) is 2. The minimum Gasteiger partial charge on any atom is -0.370 e. The molecule has 0 aliphatic rings. The van der Waals surface area contributed by atoms with Gasteiger partial charge in [0.2, 0.25) is 0 Å². The summed E-state index contributed by atoms with van der Waals surface area (Å²) in [5, 5.41) is 3.11. The van der Waals surface area contributed by atoms with Gasteiger partial charge in [0.15, 0.2) is 5.96 Å². The number of nitrogens with one attached hydrogen (secondary N) is 1. The van der Waals surface area contributed by atoms with Crippen molar-refractivity contribution < 1.29 is 4.79 Å². The van der Waals surface area contributed by atoms with Gasteiger partial charge in [-0.25, -0.2) is 4.99 Å². The molecule has 0 aliphatic heterocycles. The van der Waals surface area contributed by atoms with Crippen LogP contribution in [0, 0.1) is 0 Å². The van der Waals surface area contributed by atoms with Gasteiger partial charge in [-0.15, -0.1) is 0 Å². The minimum absolute atomic E-state index is 0.00185. The monoisotopic (exact) mass is 276 g/mol. The Bertz CT molecular complexity index is 465. The molecule has 1 aromatic carbocycles. The Morgan fingerprint density at radius 2 is 1.95 bits per heavy atom. The predicted molar refractivity (Wildman–Crippen MR) is 82.7 cm³/mol. The topological polar surface area (TPSA) is 70.7 Å². The van der Waals surface area contributed by atoms with E-state index < -0.39 is 0 Å². The van der Waals surface area contributed by atoms with Crippen LogP contribution < -0.4 is 11.1 Å². The van der Waals surface area contributed by atoms with Crippen molar-refractivity contribution in [3.63, 3.8) is 0 Å². The molecule has 0 saturated carbocycles. The van der Waals surface area contributed by atoms with Crippen LogP contribution in [0.4, 0.5) is 0 Å². The van der Waals surface area contributed by atoms with Crippen LogP contribution in [0.1, 0.15) is 36.2 Å². The Balaban J connectivity index is 2.62. The van der Waals surface area contributed by atoms with E-state index in [4.69, 9.17) is 5.73 Å². The van der Waals surface area contributed by atoms with Crippen molar-refractivity contribution in [3.05, 3.63) is 35.4 Å². The molecule has 1 unspecified atom stereocenters. The largest absolute Gasteiger partial charge is 0.370 e. The minimum atomic E-state index is -0.00185. The number of benzene rings is 1. The highest BCUT2D eigenvalue weighted by molar-refractivity contribution is 5.93. The van der Waals surface area contributed by atoms with Gasteiger partial charge < -0.3 is 16.0 Å². The van der Waals surface area contributed by atoms with E-state index in [1.807, 2.05) is 24.3 Å². The third-order valence-corrected chi connectivity index (χ3v) is 3.05. The molecule has 0 heterocycles. The summed E-state index contributed by atoms with van der Waals surface area (Å²) in [7, 11) is 3.48. The molecule has 1 aromatic rings. The first-order valence-corrected chi connectivity index (χ1v) is 6.81. The summed E-state index contributed by atoms with van der Waals surface area (Å²) < 4.78 is 0. The molecule has 5 heteroatoms. The summed E-state index contributed by atoms with van der Waals surface area (Å²) in [4.78, 5) is 17.6. The zero-order valence-electron chi connectivity index (χ0n) is 12.7. The molecule has 1 amide bonds. The van der Waals surface area contributed by atoms with Gasteiger partial charge in [-0.3, -0.25) is 4.79 Å². The highest BCUT2D eigenvalue weighted by Gasteiger charge is 2.07. The number of amides is 1. The fraction of sp³-hybridized carbons (Fsp3) is 0.467. The van der Waals surface area contributed by atoms with E-state index in [2.05, 4.69) is 24.2 Å². The number of guanidine groups is 1. The van der Waals surface area contributed by atoms with Crippen molar-refractivity contribution in [3.8, 4) is 0 Å². The van der Waals surface area contributed by atoms with Crippen molar-refractivity contribution in [1.29, 1.82) is 0 Å². The van der Waals surface area contributed by atoms with Crippen LogP contribution >= 0.6 is 0 Å². The molecule has 0 radical (unpaired) electrons. The van der Waals surface area contributed by atoms with Crippen LogP contribution in [0.25, 0.3) is 0 Å². The Morgan fingerprint density at radius 1 is 1.35 bits per heavy atom.